The summed E-state index contributed by atoms with van der Waals surface area (Å²) in [5.41, 5.74) is 8.84. The lowest BCUT2D eigenvalue weighted by Gasteiger charge is -2.28. The SMILES string of the molecule is NC(=O)C1=CN([C@@H]2O[C@H](COP(=O)(O)OP(=O)(O)OC[C@H]3O[C@@H](n4cnc5c(N)ncnc54)[C@H](O)[C@@H]3O)[C@@H](O)[C@H]2O)C=CC1.O=C(O)CC(O)(CC(=O)O)C(=O)O. The minimum absolute atomic E-state index is 0.0517. The van der Waals surface area contributed by atoms with Crippen molar-refractivity contribution in [1.29, 1.82) is 0 Å². The summed E-state index contributed by atoms with van der Waals surface area (Å²) in [5.74, 6) is -5.68. The van der Waals surface area contributed by atoms with Gasteiger partial charge in [-0.2, -0.15) is 4.31 Å². The van der Waals surface area contributed by atoms with Gasteiger partial charge in [-0.25, -0.2) is 28.9 Å². The molecule has 2 aromatic heterocycles. The third-order valence-electron chi connectivity index (χ3n) is 8.16. The molecule has 2 fully saturated rings. The first kappa shape index (κ1) is 45.2. The van der Waals surface area contributed by atoms with Gasteiger partial charge < -0.3 is 76.5 Å². The van der Waals surface area contributed by atoms with Crippen LogP contribution in [0.1, 0.15) is 25.5 Å². The maximum Gasteiger partial charge on any atom is 0.481 e. The number of nitrogen functional groups attached to an aromatic ring is 1. The third-order valence-corrected chi connectivity index (χ3v) is 10.8. The molecule has 28 nitrogen and oxygen atoms in total. The van der Waals surface area contributed by atoms with Crippen LogP contribution in [-0.4, -0.2) is 161 Å². The Hall–Kier alpha value is -4.51. The van der Waals surface area contributed by atoms with E-state index >= 15 is 0 Å². The molecule has 57 heavy (non-hydrogen) atoms. The average molecular weight is 858 g/mol. The fourth-order valence-electron chi connectivity index (χ4n) is 5.39. The summed E-state index contributed by atoms with van der Waals surface area (Å²) in [6.45, 7) is -1.79. The first-order chi connectivity index (χ1) is 26.4. The van der Waals surface area contributed by atoms with E-state index < -0.39 is 120 Å². The van der Waals surface area contributed by atoms with Crippen molar-refractivity contribution in [1.82, 2.24) is 24.4 Å². The van der Waals surface area contributed by atoms with Gasteiger partial charge in [-0.1, -0.05) is 6.08 Å². The van der Waals surface area contributed by atoms with E-state index in [1.165, 1.54) is 28.2 Å². The fourth-order valence-corrected chi connectivity index (χ4v) is 7.48. The van der Waals surface area contributed by atoms with Crippen molar-refractivity contribution in [2.24, 2.45) is 5.73 Å². The number of hydrogen-bond donors (Lipinski definition) is 12. The number of aliphatic hydroxyl groups is 5. The molecular weight excluding hydrogens is 820 g/mol. The summed E-state index contributed by atoms with van der Waals surface area (Å²) in [5, 5.41) is 75.5. The van der Waals surface area contributed by atoms with E-state index in [4.69, 9.17) is 50.4 Å². The molecule has 0 aliphatic carbocycles. The highest BCUT2D eigenvalue weighted by molar-refractivity contribution is 7.61. The summed E-state index contributed by atoms with van der Waals surface area (Å²) in [6.07, 6.45) is -7.17. The molecule has 0 radical (unpaired) electrons. The van der Waals surface area contributed by atoms with E-state index in [-0.39, 0.29) is 29.0 Å². The molecule has 316 valence electrons. The van der Waals surface area contributed by atoms with E-state index in [0.717, 1.165) is 6.33 Å². The van der Waals surface area contributed by atoms with Crippen molar-refractivity contribution in [2.75, 3.05) is 18.9 Å². The lowest BCUT2D eigenvalue weighted by molar-refractivity contribution is -0.170. The summed E-state index contributed by atoms with van der Waals surface area (Å²) in [4.78, 5) is 75.1. The number of anilines is 1. The van der Waals surface area contributed by atoms with Gasteiger partial charge in [0, 0.05) is 18.0 Å². The quantitative estimate of drug-likeness (QED) is 0.0717. The number of ether oxygens (including phenoxy) is 2. The Labute approximate surface area is 318 Å². The minimum Gasteiger partial charge on any atom is -0.481 e. The lowest BCUT2D eigenvalue weighted by atomic mass is 9.96. The van der Waals surface area contributed by atoms with Gasteiger partial charge in [-0.3, -0.25) is 28.0 Å². The van der Waals surface area contributed by atoms with Crippen LogP contribution in [0.2, 0.25) is 0 Å². The number of allylic oxidation sites excluding steroid dienone is 1. The number of carbonyl (C=O) groups excluding carboxylic acids is 1. The number of amides is 1. The zero-order valence-corrected chi connectivity index (χ0v) is 30.6. The smallest absolute Gasteiger partial charge is 0.481 e. The van der Waals surface area contributed by atoms with Gasteiger partial charge >= 0.3 is 33.6 Å². The highest BCUT2D eigenvalue weighted by Crippen LogP contribution is 2.60. The molecule has 2 aromatic rings. The van der Waals surface area contributed by atoms with E-state index in [0.29, 0.717) is 0 Å². The number of nitrogens with zero attached hydrogens (tertiary/aromatic N) is 5. The van der Waals surface area contributed by atoms with Crippen molar-refractivity contribution < 1.29 is 102 Å². The minimum atomic E-state index is -5.37. The molecule has 14 N–H and O–H groups in total. The Morgan fingerprint density at radius 2 is 1.39 bits per heavy atom. The molecule has 3 aliphatic rings. The summed E-state index contributed by atoms with van der Waals surface area (Å²) in [6, 6.07) is 0. The Morgan fingerprint density at radius 3 is 1.89 bits per heavy atom. The molecular formula is C27H37N7O21P2. The van der Waals surface area contributed by atoms with Gasteiger partial charge in [0.1, 0.15) is 48.5 Å². The van der Waals surface area contributed by atoms with Crippen LogP contribution in [0, 0.1) is 0 Å². The number of aromatic nitrogens is 4. The zero-order chi connectivity index (χ0) is 42.6. The number of aliphatic hydroxyl groups excluding tert-OH is 4. The Bertz CT molecular complexity index is 1980. The number of fused-ring (bicyclic) bond motifs is 1. The molecule has 3 aliphatic heterocycles. The van der Waals surface area contributed by atoms with Crippen molar-refractivity contribution >= 4 is 56.4 Å². The summed E-state index contributed by atoms with van der Waals surface area (Å²) < 4.78 is 50.8. The number of hydrogen-bond acceptors (Lipinski definition) is 21. The van der Waals surface area contributed by atoms with Crippen molar-refractivity contribution in [3.05, 3.63) is 36.7 Å². The predicted molar refractivity (Wildman–Crippen MR) is 179 cm³/mol. The van der Waals surface area contributed by atoms with Gasteiger partial charge in [0.15, 0.2) is 29.5 Å². The number of rotatable bonds is 16. The number of nitrogens with two attached hydrogens (primary N) is 2. The van der Waals surface area contributed by atoms with Gasteiger partial charge in [0.2, 0.25) is 5.91 Å². The van der Waals surface area contributed by atoms with Crippen LogP contribution >= 0.6 is 15.6 Å². The largest absolute Gasteiger partial charge is 0.481 e. The molecule has 5 rings (SSSR count). The third kappa shape index (κ3) is 11.1. The molecule has 10 atom stereocenters. The zero-order valence-electron chi connectivity index (χ0n) is 28.8. The maximum absolute atomic E-state index is 12.4. The molecule has 2 unspecified atom stereocenters. The van der Waals surface area contributed by atoms with Crippen LogP contribution in [0.4, 0.5) is 5.82 Å². The molecule has 0 saturated carbocycles. The van der Waals surface area contributed by atoms with Crippen molar-refractivity contribution in [3.63, 3.8) is 0 Å². The van der Waals surface area contributed by atoms with Gasteiger partial charge in [-0.05, 0) is 6.42 Å². The van der Waals surface area contributed by atoms with E-state index in [1.807, 2.05) is 0 Å². The molecule has 0 spiro atoms. The standard InChI is InChI=1S/C21H29N7O14P2.C6H8O7/c22-17-12-19(25-7-24-17)28(8-26-12)21-16(32)14(30)11(41-21)6-39-44(36,37)42-43(34,35)38-5-10-13(29)15(31)20(40-10)27-3-1-2-9(4-27)18(23)33;7-3(8)1-6(13,5(11)12)2-4(9)10/h1,3-4,7-8,10-11,13-16,20-21,29-32H,2,5-6H2,(H2,23,33)(H,34,35)(H,36,37)(H2,22,24,25);13H,1-2H2,(H,7,8)(H,9,10)(H,11,12)/t10-,11-,13-,14-,15-,16-,20-,21-;/m1./s1. The molecule has 5 heterocycles. The molecule has 2 saturated heterocycles. The van der Waals surface area contributed by atoms with Crippen LogP contribution in [-0.2, 0) is 51.1 Å². The molecule has 30 heteroatoms. The van der Waals surface area contributed by atoms with Crippen LogP contribution in [0.3, 0.4) is 0 Å². The van der Waals surface area contributed by atoms with Gasteiger partial charge in [0.05, 0.1) is 32.4 Å². The number of phosphoric ester groups is 2. The highest BCUT2D eigenvalue weighted by Gasteiger charge is 2.48. The van der Waals surface area contributed by atoms with E-state index in [1.54, 1.807) is 6.08 Å². The number of primary amides is 1. The van der Waals surface area contributed by atoms with Crippen LogP contribution in [0.25, 0.3) is 11.2 Å². The first-order valence-corrected chi connectivity index (χ1v) is 18.9. The number of phosphoric acid groups is 2. The Kier molecular flexibility index (Phi) is 14.2. The number of carbonyl (C=O) groups is 4. The van der Waals surface area contributed by atoms with Gasteiger partial charge in [-0.15, -0.1) is 0 Å². The number of carboxylic acid groups (broad SMARTS) is 3. The van der Waals surface area contributed by atoms with E-state index in [9.17, 15) is 58.5 Å². The van der Waals surface area contributed by atoms with Crippen LogP contribution in [0.5, 0.6) is 0 Å². The Morgan fingerprint density at radius 1 is 0.860 bits per heavy atom. The van der Waals surface area contributed by atoms with Crippen LogP contribution < -0.4 is 11.5 Å². The number of imidazole rings is 1. The van der Waals surface area contributed by atoms with Crippen molar-refractivity contribution in [2.45, 2.75) is 73.9 Å². The summed E-state index contributed by atoms with van der Waals surface area (Å²) >= 11 is 0. The summed E-state index contributed by atoms with van der Waals surface area (Å²) in [7, 11) is -10.7. The molecule has 0 aromatic carbocycles. The maximum atomic E-state index is 12.4. The van der Waals surface area contributed by atoms with E-state index in [2.05, 4.69) is 19.3 Å². The fraction of sp³-hybridized carbons (Fsp3) is 0.519. The number of aliphatic carboxylic acids is 3. The normalized spacial score (nSPS) is 28.2. The molecule has 1 amide bonds. The average Bonchev–Trinajstić information content (AvgIpc) is 3.75. The second-order valence-electron chi connectivity index (χ2n) is 12.3. The number of carboxylic acids is 3. The first-order valence-electron chi connectivity index (χ1n) is 15.9. The predicted octanol–water partition coefficient (Wildman–Crippen LogP) is -3.93. The lowest BCUT2D eigenvalue weighted by Crippen LogP contribution is -2.42. The topological polar surface area (TPSA) is 450 Å². The second-order valence-corrected chi connectivity index (χ2v) is 15.4. The molecule has 0 bridgehead atoms. The van der Waals surface area contributed by atoms with Crippen molar-refractivity contribution in [3.8, 4) is 0 Å². The van der Waals surface area contributed by atoms with Crippen LogP contribution in [0.15, 0.2) is 36.7 Å². The monoisotopic (exact) mass is 857 g/mol. The Balaban J connectivity index is 0.000000476. The second kappa shape index (κ2) is 18.0. The van der Waals surface area contributed by atoms with Gasteiger partial charge in [0.25, 0.3) is 0 Å². The highest BCUT2D eigenvalue weighted by atomic mass is 31.3.